The molecule has 136 valence electrons. The van der Waals surface area contributed by atoms with Gasteiger partial charge in [0.05, 0.1) is 27.5 Å². The molecule has 4 aromatic rings. The van der Waals surface area contributed by atoms with E-state index in [9.17, 15) is 5.26 Å². The number of halogens is 1. The number of rotatable bonds is 4. The summed E-state index contributed by atoms with van der Waals surface area (Å²) in [4.78, 5) is 11.6. The molecule has 4 rings (SSSR count). The van der Waals surface area contributed by atoms with Gasteiger partial charge in [0.15, 0.2) is 0 Å². The molecule has 0 fully saturated rings. The molecule has 6 heteroatoms. The van der Waals surface area contributed by atoms with E-state index in [4.69, 9.17) is 11.6 Å². The lowest BCUT2D eigenvalue weighted by molar-refractivity contribution is 1.28. The second kappa shape index (κ2) is 7.55. The molecule has 0 unspecified atom stereocenters. The first-order chi connectivity index (χ1) is 13.7. The lowest BCUT2D eigenvalue weighted by Crippen LogP contribution is -2.00. The fraction of sp³-hybridized carbons (Fsp3) is 0.0455. The number of benzene rings is 1. The lowest BCUT2D eigenvalue weighted by atomic mass is 10.1. The third-order valence-electron chi connectivity index (χ3n) is 4.54. The zero-order valence-corrected chi connectivity index (χ0v) is 15.8. The molecule has 0 aliphatic carbocycles. The summed E-state index contributed by atoms with van der Waals surface area (Å²) in [6.07, 6.45) is 10.6. The van der Waals surface area contributed by atoms with E-state index < -0.39 is 0 Å². The Hall–Kier alpha value is -3.62. The van der Waals surface area contributed by atoms with Gasteiger partial charge in [-0.1, -0.05) is 17.7 Å². The van der Waals surface area contributed by atoms with Crippen molar-refractivity contribution in [1.82, 2.24) is 15.0 Å². The molecule has 0 saturated heterocycles. The zero-order chi connectivity index (χ0) is 19.5. The van der Waals surface area contributed by atoms with Gasteiger partial charge in [-0.25, -0.2) is 0 Å². The van der Waals surface area contributed by atoms with Gasteiger partial charge >= 0.3 is 0 Å². The molecule has 0 atom stereocenters. The van der Waals surface area contributed by atoms with Gasteiger partial charge in [0, 0.05) is 41.4 Å². The predicted molar refractivity (Wildman–Crippen MR) is 113 cm³/mol. The van der Waals surface area contributed by atoms with Gasteiger partial charge in [-0.2, -0.15) is 5.26 Å². The van der Waals surface area contributed by atoms with Gasteiger partial charge in [-0.3, -0.25) is 9.97 Å². The molecule has 3 heterocycles. The molecular formula is C22H16ClN5. The van der Waals surface area contributed by atoms with Crippen LogP contribution in [-0.2, 0) is 0 Å². The number of fused-ring (bicyclic) bond motifs is 1. The van der Waals surface area contributed by atoms with Crippen LogP contribution in [0.2, 0.25) is 5.02 Å². The molecule has 2 N–H and O–H groups in total. The van der Waals surface area contributed by atoms with Crippen molar-refractivity contribution >= 4 is 46.0 Å². The van der Waals surface area contributed by atoms with Gasteiger partial charge in [0.2, 0.25) is 0 Å². The van der Waals surface area contributed by atoms with E-state index in [0.717, 1.165) is 33.4 Å². The molecule has 0 saturated carbocycles. The highest BCUT2D eigenvalue weighted by atomic mass is 35.5. The van der Waals surface area contributed by atoms with Crippen LogP contribution in [-0.4, -0.2) is 15.0 Å². The topological polar surface area (TPSA) is 77.4 Å². The van der Waals surface area contributed by atoms with Crippen LogP contribution < -0.4 is 5.32 Å². The van der Waals surface area contributed by atoms with E-state index in [0.29, 0.717) is 16.3 Å². The first-order valence-electron chi connectivity index (χ1n) is 8.68. The quantitative estimate of drug-likeness (QED) is 0.472. The number of aryl methyl sites for hydroxylation is 1. The number of pyridine rings is 2. The van der Waals surface area contributed by atoms with Crippen molar-refractivity contribution in [2.24, 2.45) is 0 Å². The fourth-order valence-corrected chi connectivity index (χ4v) is 3.34. The number of hydrogen-bond donors (Lipinski definition) is 2. The van der Waals surface area contributed by atoms with Crippen molar-refractivity contribution in [2.45, 2.75) is 6.92 Å². The summed E-state index contributed by atoms with van der Waals surface area (Å²) in [5.74, 6) is 0. The Bertz CT molecular complexity index is 1220. The average Bonchev–Trinajstić information content (AvgIpc) is 3.22. The van der Waals surface area contributed by atoms with Crippen molar-refractivity contribution in [3.63, 3.8) is 0 Å². The van der Waals surface area contributed by atoms with Gasteiger partial charge in [-0.05, 0) is 48.9 Å². The summed E-state index contributed by atoms with van der Waals surface area (Å²) in [6, 6.07) is 11.8. The SMILES string of the molecule is Cc1c(Nc2c(C#N)cncc2/C=C/c2ccccn2)cc(Cl)c2[nH]ccc12. The second-order valence-electron chi connectivity index (χ2n) is 6.27. The van der Waals surface area contributed by atoms with E-state index in [-0.39, 0.29) is 0 Å². The molecule has 0 amide bonds. The van der Waals surface area contributed by atoms with Crippen molar-refractivity contribution in [1.29, 1.82) is 5.26 Å². The van der Waals surface area contributed by atoms with Gasteiger partial charge < -0.3 is 10.3 Å². The van der Waals surface area contributed by atoms with Crippen molar-refractivity contribution in [3.8, 4) is 6.07 Å². The van der Waals surface area contributed by atoms with Gasteiger partial charge in [-0.15, -0.1) is 0 Å². The van der Waals surface area contributed by atoms with Crippen LogP contribution in [0.5, 0.6) is 0 Å². The van der Waals surface area contributed by atoms with E-state index >= 15 is 0 Å². The molecule has 0 radical (unpaired) electrons. The number of aromatic nitrogens is 3. The smallest absolute Gasteiger partial charge is 0.103 e. The molecule has 1 aromatic carbocycles. The molecule has 0 spiro atoms. The first-order valence-corrected chi connectivity index (χ1v) is 9.05. The van der Waals surface area contributed by atoms with Crippen LogP contribution in [0.3, 0.4) is 0 Å². The molecule has 0 aliphatic rings. The minimum atomic E-state index is 0.452. The van der Waals surface area contributed by atoms with Crippen LogP contribution in [0.1, 0.15) is 22.4 Å². The highest BCUT2D eigenvalue weighted by molar-refractivity contribution is 6.35. The molecule has 0 bridgehead atoms. The number of H-pyrrole nitrogens is 1. The summed E-state index contributed by atoms with van der Waals surface area (Å²) in [5.41, 5.74) is 5.52. The monoisotopic (exact) mass is 385 g/mol. The fourth-order valence-electron chi connectivity index (χ4n) is 3.07. The van der Waals surface area contributed by atoms with Crippen LogP contribution in [0.25, 0.3) is 23.1 Å². The van der Waals surface area contributed by atoms with Crippen LogP contribution in [0.4, 0.5) is 11.4 Å². The summed E-state index contributed by atoms with van der Waals surface area (Å²) in [7, 11) is 0. The van der Waals surface area contributed by atoms with E-state index in [1.165, 1.54) is 0 Å². The third kappa shape index (κ3) is 3.34. The first kappa shape index (κ1) is 17.8. The number of hydrogen-bond acceptors (Lipinski definition) is 4. The van der Waals surface area contributed by atoms with Crippen LogP contribution in [0, 0.1) is 18.3 Å². The lowest BCUT2D eigenvalue weighted by Gasteiger charge is -2.15. The Labute approximate surface area is 167 Å². The Balaban J connectivity index is 1.78. The van der Waals surface area contributed by atoms with Crippen LogP contribution >= 0.6 is 11.6 Å². The van der Waals surface area contributed by atoms with E-state index in [2.05, 4.69) is 26.3 Å². The Morgan fingerprint density at radius 1 is 1.21 bits per heavy atom. The predicted octanol–water partition coefficient (Wildman–Crippen LogP) is 5.71. The number of nitrogens with zero attached hydrogens (tertiary/aromatic N) is 3. The Morgan fingerprint density at radius 2 is 2.11 bits per heavy atom. The second-order valence-corrected chi connectivity index (χ2v) is 6.68. The standard InChI is InChI=1S/C22H16ClN5/c1-14-18-7-9-27-22(18)19(23)10-20(14)28-21-15(12-25-13-16(21)11-24)5-6-17-4-2-3-8-26-17/h2-10,12-13,27H,1H3,(H,25,28)/b6-5+. The van der Waals surface area contributed by atoms with Crippen molar-refractivity contribution < 1.29 is 0 Å². The minimum Gasteiger partial charge on any atom is -0.360 e. The maximum atomic E-state index is 9.57. The van der Waals surface area contributed by atoms with E-state index in [1.54, 1.807) is 18.6 Å². The Kier molecular flexibility index (Phi) is 4.79. The molecule has 5 nitrogen and oxygen atoms in total. The largest absolute Gasteiger partial charge is 0.360 e. The van der Waals surface area contributed by atoms with Crippen molar-refractivity contribution in [3.05, 3.63) is 82.5 Å². The van der Waals surface area contributed by atoms with Crippen LogP contribution in [0.15, 0.2) is 55.1 Å². The maximum Gasteiger partial charge on any atom is 0.103 e. The number of anilines is 2. The van der Waals surface area contributed by atoms with Gasteiger partial charge in [0.25, 0.3) is 0 Å². The highest BCUT2D eigenvalue weighted by Crippen LogP contribution is 2.34. The molecule has 0 aliphatic heterocycles. The van der Waals surface area contributed by atoms with Crippen molar-refractivity contribution in [2.75, 3.05) is 5.32 Å². The number of nitriles is 1. The van der Waals surface area contributed by atoms with E-state index in [1.807, 2.05) is 55.6 Å². The minimum absolute atomic E-state index is 0.452. The third-order valence-corrected chi connectivity index (χ3v) is 4.84. The zero-order valence-electron chi connectivity index (χ0n) is 15.1. The number of nitrogens with one attached hydrogen (secondary N) is 2. The average molecular weight is 386 g/mol. The highest BCUT2D eigenvalue weighted by Gasteiger charge is 2.13. The number of aromatic amines is 1. The summed E-state index contributed by atoms with van der Waals surface area (Å²) >= 11 is 6.43. The normalized spacial score (nSPS) is 11.0. The molecule has 28 heavy (non-hydrogen) atoms. The summed E-state index contributed by atoms with van der Waals surface area (Å²) in [6.45, 7) is 2.02. The maximum absolute atomic E-state index is 9.57. The Morgan fingerprint density at radius 3 is 2.89 bits per heavy atom. The summed E-state index contributed by atoms with van der Waals surface area (Å²) in [5, 5.41) is 14.6. The van der Waals surface area contributed by atoms with Gasteiger partial charge in [0.1, 0.15) is 6.07 Å². The summed E-state index contributed by atoms with van der Waals surface area (Å²) < 4.78 is 0. The molecular weight excluding hydrogens is 370 g/mol. The molecule has 3 aromatic heterocycles.